The van der Waals surface area contributed by atoms with Crippen LogP contribution in [0.25, 0.3) is 0 Å². The van der Waals surface area contributed by atoms with Gasteiger partial charge in [-0.3, -0.25) is 39.4 Å². The van der Waals surface area contributed by atoms with Crippen LogP contribution in [-0.2, 0) is 39.4 Å². The van der Waals surface area contributed by atoms with Crippen LogP contribution >= 0.6 is 0 Å². The first-order chi connectivity index (χ1) is 28.0. The average molecular weight is 1010 g/mol. The third-order valence-electron chi connectivity index (χ3n) is 7.15. The smallest absolute Gasteiger partial charge is 0.744 e. The molecule has 2 amide bonds. The maximum Gasteiger partial charge on any atom is 2.00 e. The minimum atomic E-state index is -5.06. The second kappa shape index (κ2) is 22.7. The van der Waals surface area contributed by atoms with Crippen LogP contribution in [-0.4, -0.2) is 122 Å². The zero-order valence-electron chi connectivity index (χ0n) is 32.1. The molecule has 0 aromatic heterocycles. The molecule has 61 heavy (non-hydrogen) atoms. The summed E-state index contributed by atoms with van der Waals surface area (Å²) in [4.78, 5) is 64.1. The van der Waals surface area contributed by atoms with E-state index < -0.39 is 63.1 Å². The minimum Gasteiger partial charge on any atom is -0.744 e. The number of hydrogen-bond donors (Lipinski definition) is 2. The van der Waals surface area contributed by atoms with Crippen LogP contribution in [0.5, 0.6) is 11.5 Å². The van der Waals surface area contributed by atoms with E-state index in [0.717, 1.165) is 36.4 Å². The number of ether oxygens (including phenoxy) is 2. The Morgan fingerprint density at radius 2 is 0.951 bits per heavy atom. The number of amides is 2. The number of carbonyl (C=O) groups excluding carboxylic acids is 4. The van der Waals surface area contributed by atoms with Crippen molar-refractivity contribution < 1.29 is 64.4 Å². The molecule has 0 atom stereocenters. The number of azo groups is 2. The summed E-state index contributed by atoms with van der Waals surface area (Å²) in [6.07, 6.45) is -0.712. The largest absolute Gasteiger partial charge is 2.00 e. The van der Waals surface area contributed by atoms with Gasteiger partial charge in [0.05, 0.1) is 59.7 Å². The van der Waals surface area contributed by atoms with E-state index in [2.05, 4.69) is 31.1 Å². The van der Waals surface area contributed by atoms with Crippen LogP contribution in [0, 0.1) is 20.2 Å². The molecule has 0 aliphatic carbocycles. The molecular weight excluding hydrogens is 978 g/mol. The van der Waals surface area contributed by atoms with Crippen molar-refractivity contribution in [2.45, 2.75) is 36.5 Å². The van der Waals surface area contributed by atoms with Crippen molar-refractivity contribution >= 4 is 138 Å². The molecule has 0 heterocycles. The van der Waals surface area contributed by atoms with E-state index in [-0.39, 0.29) is 119 Å². The summed E-state index contributed by atoms with van der Waals surface area (Å²) >= 11 is 0. The van der Waals surface area contributed by atoms with Gasteiger partial charge in [0.25, 0.3) is 11.4 Å². The molecule has 0 saturated carbocycles. The van der Waals surface area contributed by atoms with Crippen molar-refractivity contribution in [3.8, 4) is 11.5 Å². The number of benzene rings is 4. The van der Waals surface area contributed by atoms with Gasteiger partial charge in [0, 0.05) is 12.1 Å². The maximum absolute atomic E-state index is 11.9. The second-order valence-electron chi connectivity index (χ2n) is 11.7. The zero-order valence-corrected chi connectivity index (χ0v) is 38.2. The van der Waals surface area contributed by atoms with E-state index in [9.17, 15) is 65.3 Å². The standard InChI is InChI=1S/2C17H16N4O8S.Ba/c2*1-10(22)8-16(23)18-12-4-3-5-14(29-2)17(12)20-19-11-6-7-15(30(26,27)28)13(9-11)21(24)25;/h2*3-7,9H,8H2,1-2H3,(H,18,23)(H,26,27,28);/q;;+2/p-2. The third kappa shape index (κ3) is 15.3. The Morgan fingerprint density at radius 1 is 0.607 bits per heavy atom. The number of nitrogens with zero attached hydrogens (tertiary/aromatic N) is 6. The van der Waals surface area contributed by atoms with Crippen LogP contribution in [0.4, 0.5) is 45.5 Å². The Balaban J connectivity index is 0.000000413. The molecule has 0 aliphatic heterocycles. The molecule has 0 fully saturated rings. The summed E-state index contributed by atoms with van der Waals surface area (Å²) < 4.78 is 77.3. The van der Waals surface area contributed by atoms with E-state index in [0.29, 0.717) is 0 Å². The Kier molecular flexibility index (Phi) is 19.1. The zero-order chi connectivity index (χ0) is 44.9. The topological polar surface area (TPSA) is 361 Å². The molecule has 0 aliphatic rings. The number of rotatable bonds is 16. The van der Waals surface area contributed by atoms with Crippen LogP contribution in [0.1, 0.15) is 26.7 Å². The summed E-state index contributed by atoms with van der Waals surface area (Å²) in [6.45, 7) is 2.51. The molecule has 0 bridgehead atoms. The predicted molar refractivity (Wildman–Crippen MR) is 210 cm³/mol. The second-order valence-corrected chi connectivity index (χ2v) is 14.4. The van der Waals surface area contributed by atoms with E-state index in [1.54, 1.807) is 12.1 Å². The summed E-state index contributed by atoms with van der Waals surface area (Å²) in [6, 6.07) is 14.3. The SMILES string of the molecule is COc1cccc(NC(=O)CC(C)=O)c1N=Nc1ccc(S(=O)(=O)[O-])c([N+](=O)[O-])c1.COc1cccc(NC(=O)CC(C)=O)c1N=Nc1ccc(S(=O)(=O)[O-])c([N+](=O)[O-])c1.[Ba+2]. The number of Topliss-reactive ketones (excluding diaryl/α,β-unsaturated/α-hetero) is 2. The van der Waals surface area contributed by atoms with Gasteiger partial charge in [-0.15, -0.1) is 10.2 Å². The Hall–Kier alpha value is -5.85. The van der Waals surface area contributed by atoms with Gasteiger partial charge in [-0.2, -0.15) is 10.2 Å². The molecule has 0 spiro atoms. The Labute approximate surface area is 385 Å². The Morgan fingerprint density at radius 3 is 1.23 bits per heavy atom. The van der Waals surface area contributed by atoms with E-state index in [4.69, 9.17) is 9.47 Å². The molecule has 4 rings (SSSR count). The van der Waals surface area contributed by atoms with E-state index in [1.165, 1.54) is 52.3 Å². The predicted octanol–water partition coefficient (Wildman–Crippen LogP) is 5.30. The minimum absolute atomic E-state index is 0. The van der Waals surface area contributed by atoms with Gasteiger partial charge in [-0.1, -0.05) is 12.1 Å². The van der Waals surface area contributed by atoms with Gasteiger partial charge in [0.1, 0.15) is 53.1 Å². The fourth-order valence-corrected chi connectivity index (χ4v) is 5.93. The molecule has 0 unspecified atom stereocenters. The van der Waals surface area contributed by atoms with E-state index >= 15 is 0 Å². The normalized spacial score (nSPS) is 11.1. The van der Waals surface area contributed by atoms with Crippen molar-refractivity contribution in [1.82, 2.24) is 0 Å². The number of nitrogens with one attached hydrogen (secondary N) is 2. The number of nitro groups is 2. The maximum atomic E-state index is 11.9. The summed E-state index contributed by atoms with van der Waals surface area (Å²) in [5, 5.41) is 42.6. The van der Waals surface area contributed by atoms with Crippen molar-refractivity contribution in [1.29, 1.82) is 0 Å². The summed E-state index contributed by atoms with van der Waals surface area (Å²) in [5.74, 6) is -1.47. The monoisotopic (exact) mass is 1010 g/mol. The molecule has 2 N–H and O–H groups in total. The van der Waals surface area contributed by atoms with Gasteiger partial charge in [-0.05, 0) is 62.4 Å². The van der Waals surface area contributed by atoms with Gasteiger partial charge < -0.3 is 29.2 Å². The number of hydrogen-bond acceptors (Lipinski definition) is 20. The quantitative estimate of drug-likeness (QED) is 0.0359. The first kappa shape index (κ1) is 51.3. The molecule has 4 aromatic carbocycles. The van der Waals surface area contributed by atoms with Gasteiger partial charge in [0.15, 0.2) is 11.4 Å². The molecule has 24 nitrogen and oxygen atoms in total. The van der Waals surface area contributed by atoms with E-state index in [1.807, 2.05) is 0 Å². The van der Waals surface area contributed by atoms with Crippen molar-refractivity contribution in [2.75, 3.05) is 24.9 Å². The molecular formula is C34H30BaN8O16S2. The number of methoxy groups -OCH3 is 2. The fraction of sp³-hybridized carbons (Fsp3) is 0.176. The first-order valence-electron chi connectivity index (χ1n) is 16.3. The fourth-order valence-electron chi connectivity index (χ4n) is 4.68. The number of anilines is 2. The van der Waals surface area contributed by atoms with Gasteiger partial charge in [0.2, 0.25) is 11.8 Å². The Bertz CT molecular complexity index is 2480. The molecule has 27 heteroatoms. The van der Waals surface area contributed by atoms with Crippen LogP contribution < -0.4 is 20.1 Å². The third-order valence-corrected chi connectivity index (χ3v) is 8.92. The van der Waals surface area contributed by atoms with Crippen LogP contribution in [0.2, 0.25) is 0 Å². The van der Waals surface area contributed by atoms with Crippen LogP contribution in [0.15, 0.2) is 103 Å². The van der Waals surface area contributed by atoms with Crippen molar-refractivity contribution in [2.24, 2.45) is 20.5 Å². The van der Waals surface area contributed by atoms with Crippen LogP contribution in [0.3, 0.4) is 0 Å². The first-order valence-corrected chi connectivity index (χ1v) is 19.1. The molecule has 0 saturated heterocycles. The number of ketones is 2. The number of carbonyl (C=O) groups is 4. The van der Waals surface area contributed by atoms with Crippen molar-refractivity contribution in [3.63, 3.8) is 0 Å². The van der Waals surface area contributed by atoms with Gasteiger partial charge in [-0.25, -0.2) is 16.8 Å². The molecule has 0 radical (unpaired) electrons. The van der Waals surface area contributed by atoms with Crippen molar-refractivity contribution in [3.05, 3.63) is 93.0 Å². The van der Waals surface area contributed by atoms with Gasteiger partial charge >= 0.3 is 48.9 Å². The summed E-state index contributed by atoms with van der Waals surface area (Å²) in [5.41, 5.74) is -1.70. The average Bonchev–Trinajstić information content (AvgIpc) is 3.15. The summed E-state index contributed by atoms with van der Waals surface area (Å²) in [7, 11) is -7.44. The molecule has 316 valence electrons. The number of nitro benzene ring substituents is 2. The molecule has 4 aromatic rings.